The topological polar surface area (TPSA) is 68.1 Å². The second kappa shape index (κ2) is 7.04. The number of aliphatic imine (C=N–C) groups is 1. The van der Waals surface area contributed by atoms with Gasteiger partial charge in [-0.25, -0.2) is 4.79 Å². The van der Waals surface area contributed by atoms with Crippen molar-refractivity contribution >= 4 is 23.2 Å². The van der Waals surface area contributed by atoms with E-state index in [2.05, 4.69) is 16.1 Å². The average Bonchev–Trinajstić information content (AvgIpc) is 2.92. The van der Waals surface area contributed by atoms with Crippen LogP contribution >= 0.6 is 0 Å². The van der Waals surface area contributed by atoms with Crippen molar-refractivity contribution in [3.8, 4) is 11.1 Å². The van der Waals surface area contributed by atoms with E-state index in [1.165, 1.54) is 13.8 Å². The molecule has 0 aromatic heterocycles. The van der Waals surface area contributed by atoms with Crippen LogP contribution in [0.4, 0.5) is 0 Å². The van der Waals surface area contributed by atoms with Gasteiger partial charge in [0.25, 0.3) is 0 Å². The highest BCUT2D eigenvalue weighted by atomic mass is 16.7. The van der Waals surface area contributed by atoms with Crippen LogP contribution in [0.15, 0.2) is 52.6 Å². The fraction of sp³-hybridized carbons (Fsp3) is 0.238. The number of Topliss-reactive ketones (excluding diaryl/α,β-unsaturated/α-hetero) is 1. The van der Waals surface area contributed by atoms with Gasteiger partial charge in [-0.3, -0.25) is 9.79 Å². The Bertz CT molecular complexity index is 955. The van der Waals surface area contributed by atoms with Crippen molar-refractivity contribution in [2.75, 3.05) is 0 Å². The summed E-state index contributed by atoms with van der Waals surface area (Å²) in [6.45, 7) is 6.82. The van der Waals surface area contributed by atoms with Crippen molar-refractivity contribution in [3.63, 3.8) is 0 Å². The summed E-state index contributed by atoms with van der Waals surface area (Å²) in [6.07, 6.45) is 0. The maximum atomic E-state index is 12.6. The number of oxime groups is 1. The zero-order valence-corrected chi connectivity index (χ0v) is 15.2. The Hall–Kier alpha value is -3.08. The minimum absolute atomic E-state index is 0.123. The number of carbonyl (C=O) groups is 2. The first-order chi connectivity index (χ1) is 12.4. The fourth-order valence-corrected chi connectivity index (χ4v) is 2.97. The summed E-state index contributed by atoms with van der Waals surface area (Å²) in [5.74, 6) is -0.846. The van der Waals surface area contributed by atoms with Gasteiger partial charge in [0.05, 0.1) is 5.71 Å². The number of fused-ring (bicyclic) bond motifs is 3. The molecule has 0 saturated heterocycles. The van der Waals surface area contributed by atoms with Gasteiger partial charge in [0.2, 0.25) is 5.78 Å². The van der Waals surface area contributed by atoms with Crippen molar-refractivity contribution in [3.05, 3.63) is 59.2 Å². The van der Waals surface area contributed by atoms with E-state index in [-0.39, 0.29) is 17.5 Å². The van der Waals surface area contributed by atoms with Gasteiger partial charge in [0, 0.05) is 29.7 Å². The van der Waals surface area contributed by atoms with Gasteiger partial charge >= 0.3 is 5.97 Å². The number of benzene rings is 2. The molecule has 1 aliphatic rings. The lowest BCUT2D eigenvalue weighted by Gasteiger charge is -2.07. The number of hydrogen-bond donors (Lipinski definition) is 0. The Morgan fingerprint density at radius 1 is 0.923 bits per heavy atom. The molecule has 26 heavy (non-hydrogen) atoms. The van der Waals surface area contributed by atoms with Gasteiger partial charge in [0.1, 0.15) is 5.71 Å². The van der Waals surface area contributed by atoms with Gasteiger partial charge in [-0.2, -0.15) is 0 Å². The summed E-state index contributed by atoms with van der Waals surface area (Å²) in [4.78, 5) is 32.8. The SMILES string of the molecule is CC(=O)O/N=C(/C)C(=O)c1ccc2c(c1)/C(=N\C(C)C)c1ccccc1-2. The lowest BCUT2D eigenvalue weighted by molar-refractivity contribution is -0.140. The largest absolute Gasteiger partial charge is 0.331 e. The fourth-order valence-electron chi connectivity index (χ4n) is 2.97. The first-order valence-electron chi connectivity index (χ1n) is 8.47. The van der Waals surface area contributed by atoms with E-state index in [9.17, 15) is 9.59 Å². The monoisotopic (exact) mass is 348 g/mol. The number of ketones is 1. The predicted octanol–water partition coefficient (Wildman–Crippen LogP) is 4.03. The molecular weight excluding hydrogens is 328 g/mol. The molecule has 0 saturated carbocycles. The molecule has 0 bridgehead atoms. The van der Waals surface area contributed by atoms with E-state index >= 15 is 0 Å². The second-order valence-electron chi connectivity index (χ2n) is 6.47. The molecule has 0 spiro atoms. The van der Waals surface area contributed by atoms with Crippen LogP contribution in [0.25, 0.3) is 11.1 Å². The standard InChI is InChI=1S/C21H20N2O3/c1-12(2)22-20-18-8-6-5-7-16(18)17-10-9-15(11-19(17)20)21(25)13(3)23-26-14(4)24/h5-12H,1-4H3/b22-20-,23-13-. The summed E-state index contributed by atoms with van der Waals surface area (Å²) < 4.78 is 0. The maximum Gasteiger partial charge on any atom is 0.331 e. The van der Waals surface area contributed by atoms with Crippen LogP contribution in [0.1, 0.15) is 49.2 Å². The maximum absolute atomic E-state index is 12.6. The molecule has 0 radical (unpaired) electrons. The van der Waals surface area contributed by atoms with Crippen LogP contribution in [0.3, 0.4) is 0 Å². The summed E-state index contributed by atoms with van der Waals surface area (Å²) in [5, 5.41) is 3.59. The van der Waals surface area contributed by atoms with Crippen molar-refractivity contribution in [2.45, 2.75) is 33.7 Å². The van der Waals surface area contributed by atoms with Crippen molar-refractivity contribution < 1.29 is 14.4 Å². The Labute approximate surface area is 152 Å². The number of carbonyl (C=O) groups excluding carboxylic acids is 2. The zero-order valence-electron chi connectivity index (χ0n) is 15.2. The Kier molecular flexibility index (Phi) is 4.80. The van der Waals surface area contributed by atoms with Gasteiger partial charge < -0.3 is 4.84 Å². The number of hydrogen-bond acceptors (Lipinski definition) is 5. The molecule has 5 nitrogen and oxygen atoms in total. The molecule has 0 atom stereocenters. The van der Waals surface area contributed by atoms with E-state index in [1.54, 1.807) is 6.07 Å². The molecule has 0 heterocycles. The molecule has 2 aromatic carbocycles. The molecule has 0 fully saturated rings. The normalized spacial score (nSPS) is 14.3. The van der Waals surface area contributed by atoms with Crippen LogP contribution in [0, 0.1) is 0 Å². The van der Waals surface area contributed by atoms with E-state index in [1.807, 2.05) is 44.2 Å². The first kappa shape index (κ1) is 17.7. The molecule has 3 rings (SSSR count). The number of nitrogens with zero attached hydrogens (tertiary/aromatic N) is 2. The molecule has 132 valence electrons. The first-order valence-corrected chi connectivity index (χ1v) is 8.47. The minimum Gasteiger partial charge on any atom is -0.318 e. The van der Waals surface area contributed by atoms with Crippen LogP contribution in [0.5, 0.6) is 0 Å². The Morgan fingerprint density at radius 2 is 1.58 bits per heavy atom. The molecule has 2 aromatic rings. The molecule has 0 amide bonds. The molecule has 0 unspecified atom stereocenters. The summed E-state index contributed by atoms with van der Waals surface area (Å²) >= 11 is 0. The minimum atomic E-state index is -0.562. The highest BCUT2D eigenvalue weighted by molar-refractivity contribution is 6.45. The molecule has 5 heteroatoms. The van der Waals surface area contributed by atoms with Crippen molar-refractivity contribution in [1.29, 1.82) is 0 Å². The predicted molar refractivity (Wildman–Crippen MR) is 102 cm³/mol. The van der Waals surface area contributed by atoms with Gasteiger partial charge in [-0.1, -0.05) is 41.6 Å². The van der Waals surface area contributed by atoms with E-state index in [0.29, 0.717) is 5.56 Å². The molecule has 0 aliphatic heterocycles. The zero-order chi connectivity index (χ0) is 18.8. The van der Waals surface area contributed by atoms with Crippen molar-refractivity contribution in [1.82, 2.24) is 0 Å². The van der Waals surface area contributed by atoms with Gasteiger partial charge in [-0.05, 0) is 38.0 Å². The molecular formula is C21H20N2O3. The lowest BCUT2D eigenvalue weighted by atomic mass is 9.99. The average molecular weight is 348 g/mol. The smallest absolute Gasteiger partial charge is 0.318 e. The van der Waals surface area contributed by atoms with Crippen LogP contribution in [-0.4, -0.2) is 29.2 Å². The van der Waals surface area contributed by atoms with Gasteiger partial charge in [0.15, 0.2) is 0 Å². The second-order valence-corrected chi connectivity index (χ2v) is 6.47. The lowest BCUT2D eigenvalue weighted by Crippen LogP contribution is -2.13. The van der Waals surface area contributed by atoms with E-state index in [4.69, 9.17) is 4.99 Å². The Balaban J connectivity index is 2.06. The molecule has 1 aliphatic carbocycles. The quantitative estimate of drug-likeness (QED) is 0.309. The highest BCUT2D eigenvalue weighted by Gasteiger charge is 2.26. The summed E-state index contributed by atoms with van der Waals surface area (Å²) in [6, 6.07) is 13.8. The van der Waals surface area contributed by atoms with E-state index < -0.39 is 5.97 Å². The molecule has 0 N–H and O–H groups in total. The van der Waals surface area contributed by atoms with Crippen molar-refractivity contribution in [2.24, 2.45) is 10.1 Å². The van der Waals surface area contributed by atoms with Crippen LogP contribution < -0.4 is 0 Å². The summed E-state index contributed by atoms with van der Waals surface area (Å²) in [5.41, 5.74) is 5.70. The van der Waals surface area contributed by atoms with Crippen LogP contribution in [-0.2, 0) is 9.63 Å². The Morgan fingerprint density at radius 3 is 2.23 bits per heavy atom. The van der Waals surface area contributed by atoms with Crippen LogP contribution in [0.2, 0.25) is 0 Å². The third kappa shape index (κ3) is 3.33. The number of rotatable bonds is 4. The summed E-state index contributed by atoms with van der Waals surface area (Å²) in [7, 11) is 0. The highest BCUT2D eigenvalue weighted by Crippen LogP contribution is 2.37. The van der Waals surface area contributed by atoms with E-state index in [0.717, 1.165) is 28.0 Å². The third-order valence-corrected chi connectivity index (χ3v) is 4.04. The van der Waals surface area contributed by atoms with Gasteiger partial charge in [-0.15, -0.1) is 0 Å². The third-order valence-electron chi connectivity index (χ3n) is 4.04.